The van der Waals surface area contributed by atoms with Crippen molar-refractivity contribution in [1.29, 1.82) is 0 Å². The van der Waals surface area contributed by atoms with Crippen LogP contribution < -0.4 is 14.8 Å². The number of ether oxygens (including phenoxy) is 2. The van der Waals surface area contributed by atoms with Gasteiger partial charge in [0.2, 0.25) is 0 Å². The number of aromatic nitrogens is 2. The molecule has 0 saturated heterocycles. The second kappa shape index (κ2) is 6.54. The summed E-state index contributed by atoms with van der Waals surface area (Å²) < 4.78 is 11.0. The van der Waals surface area contributed by atoms with Crippen LogP contribution in [0.1, 0.15) is 28.6 Å². The molecule has 1 N–H and O–H groups in total. The Bertz CT molecular complexity index is 607. The first kappa shape index (κ1) is 15.3. The fourth-order valence-electron chi connectivity index (χ4n) is 2.48. The molecular weight excluding hydrogens is 266 g/mol. The average molecular weight is 287 g/mol. The van der Waals surface area contributed by atoms with Crippen LogP contribution in [0.2, 0.25) is 0 Å². The minimum atomic E-state index is -0.0784. The Morgan fingerprint density at radius 3 is 2.19 bits per heavy atom. The molecule has 0 saturated carbocycles. The lowest BCUT2D eigenvalue weighted by molar-refractivity contribution is 0.378. The number of nitrogens with zero attached hydrogens (tertiary/aromatic N) is 2. The third kappa shape index (κ3) is 2.97. The molecule has 1 atom stereocenters. The van der Waals surface area contributed by atoms with Crippen LogP contribution in [0, 0.1) is 13.8 Å². The van der Waals surface area contributed by atoms with E-state index >= 15 is 0 Å². The van der Waals surface area contributed by atoms with Gasteiger partial charge in [0.25, 0.3) is 0 Å². The molecule has 2 aromatic rings. The van der Waals surface area contributed by atoms with Gasteiger partial charge >= 0.3 is 0 Å². The molecule has 1 unspecified atom stereocenters. The third-order valence-corrected chi connectivity index (χ3v) is 3.49. The molecule has 0 radical (unpaired) electrons. The molecule has 5 nitrogen and oxygen atoms in total. The Hall–Kier alpha value is -2.14. The van der Waals surface area contributed by atoms with Gasteiger partial charge in [-0.3, -0.25) is 0 Å². The van der Waals surface area contributed by atoms with E-state index in [2.05, 4.69) is 15.5 Å². The van der Waals surface area contributed by atoms with Crippen LogP contribution in [0.5, 0.6) is 11.5 Å². The summed E-state index contributed by atoms with van der Waals surface area (Å²) in [6, 6.07) is 7.73. The number of aryl methyl sites for hydroxylation is 2. The minimum absolute atomic E-state index is 0.0784. The molecule has 21 heavy (non-hydrogen) atoms. The van der Waals surface area contributed by atoms with Gasteiger partial charge in [0.05, 0.1) is 37.2 Å². The van der Waals surface area contributed by atoms with Gasteiger partial charge in [-0.05, 0) is 44.7 Å². The molecule has 2 rings (SSSR count). The van der Waals surface area contributed by atoms with Crippen molar-refractivity contribution in [2.75, 3.05) is 21.3 Å². The van der Waals surface area contributed by atoms with Crippen LogP contribution >= 0.6 is 0 Å². The lowest BCUT2D eigenvalue weighted by atomic mass is 9.96. The zero-order valence-corrected chi connectivity index (χ0v) is 13.1. The summed E-state index contributed by atoms with van der Waals surface area (Å²) in [6.07, 6.45) is 0. The van der Waals surface area contributed by atoms with Crippen molar-refractivity contribution >= 4 is 0 Å². The average Bonchev–Trinajstić information content (AvgIpc) is 2.51. The van der Waals surface area contributed by atoms with Crippen LogP contribution in [0.3, 0.4) is 0 Å². The van der Waals surface area contributed by atoms with Crippen molar-refractivity contribution in [1.82, 2.24) is 15.5 Å². The molecule has 0 aliphatic heterocycles. The maximum absolute atomic E-state index is 5.51. The zero-order chi connectivity index (χ0) is 15.4. The van der Waals surface area contributed by atoms with Gasteiger partial charge in [0, 0.05) is 0 Å². The topological polar surface area (TPSA) is 56.3 Å². The van der Waals surface area contributed by atoms with Gasteiger partial charge in [-0.15, -0.1) is 0 Å². The Morgan fingerprint density at radius 2 is 1.67 bits per heavy atom. The Morgan fingerprint density at radius 1 is 1.05 bits per heavy atom. The van der Waals surface area contributed by atoms with Crippen molar-refractivity contribution in [3.63, 3.8) is 0 Å². The number of benzene rings is 1. The first-order valence-corrected chi connectivity index (χ1v) is 6.81. The predicted molar refractivity (Wildman–Crippen MR) is 82.0 cm³/mol. The van der Waals surface area contributed by atoms with Crippen molar-refractivity contribution in [3.8, 4) is 11.5 Å². The van der Waals surface area contributed by atoms with Crippen LogP contribution in [-0.2, 0) is 0 Å². The van der Waals surface area contributed by atoms with Crippen molar-refractivity contribution in [2.24, 2.45) is 0 Å². The zero-order valence-electron chi connectivity index (χ0n) is 13.1. The third-order valence-electron chi connectivity index (χ3n) is 3.49. The standard InChI is InChI=1S/C16H21N3O2/c1-10-9-12(11(2)19-18-10)16(17-3)15-13(20-4)7-6-8-14(15)21-5/h6-9,16-17H,1-5H3. The van der Waals surface area contributed by atoms with Gasteiger partial charge < -0.3 is 14.8 Å². The maximum atomic E-state index is 5.51. The molecule has 112 valence electrons. The van der Waals surface area contributed by atoms with Crippen molar-refractivity contribution in [2.45, 2.75) is 19.9 Å². The smallest absolute Gasteiger partial charge is 0.127 e. The second-order valence-electron chi connectivity index (χ2n) is 4.82. The molecule has 0 aliphatic carbocycles. The SMILES string of the molecule is CNC(c1cc(C)nnc1C)c1c(OC)cccc1OC. The Kier molecular flexibility index (Phi) is 4.75. The molecule has 0 bridgehead atoms. The van der Waals surface area contributed by atoms with Gasteiger partial charge in [0.1, 0.15) is 11.5 Å². The number of hydrogen-bond acceptors (Lipinski definition) is 5. The van der Waals surface area contributed by atoms with E-state index in [1.54, 1.807) is 14.2 Å². The first-order chi connectivity index (χ1) is 10.1. The second-order valence-corrected chi connectivity index (χ2v) is 4.82. The predicted octanol–water partition coefficient (Wildman–Crippen LogP) is 2.42. The van der Waals surface area contributed by atoms with Crippen LogP contribution in [0.4, 0.5) is 0 Å². The van der Waals surface area contributed by atoms with Gasteiger partial charge in [-0.1, -0.05) is 6.07 Å². The lowest BCUT2D eigenvalue weighted by Gasteiger charge is -2.23. The lowest BCUT2D eigenvalue weighted by Crippen LogP contribution is -2.21. The fourth-order valence-corrected chi connectivity index (χ4v) is 2.48. The first-order valence-electron chi connectivity index (χ1n) is 6.81. The summed E-state index contributed by atoms with van der Waals surface area (Å²) in [4.78, 5) is 0. The van der Waals surface area contributed by atoms with E-state index in [4.69, 9.17) is 9.47 Å². The number of hydrogen-bond donors (Lipinski definition) is 1. The van der Waals surface area contributed by atoms with Gasteiger partial charge in [-0.2, -0.15) is 10.2 Å². The highest BCUT2D eigenvalue weighted by molar-refractivity contribution is 5.51. The van der Waals surface area contributed by atoms with Crippen LogP contribution in [0.15, 0.2) is 24.3 Å². The van der Waals surface area contributed by atoms with E-state index in [1.165, 1.54) is 0 Å². The van der Waals surface area contributed by atoms with E-state index < -0.39 is 0 Å². The summed E-state index contributed by atoms with van der Waals surface area (Å²) in [5, 5.41) is 11.6. The number of methoxy groups -OCH3 is 2. The van der Waals surface area contributed by atoms with Crippen molar-refractivity contribution < 1.29 is 9.47 Å². The highest BCUT2D eigenvalue weighted by Gasteiger charge is 2.23. The molecule has 1 aromatic heterocycles. The normalized spacial score (nSPS) is 12.0. The molecule has 1 heterocycles. The van der Waals surface area contributed by atoms with Gasteiger partial charge in [0.15, 0.2) is 0 Å². The molecule has 0 amide bonds. The highest BCUT2D eigenvalue weighted by Crippen LogP contribution is 2.37. The van der Waals surface area contributed by atoms with E-state index in [0.717, 1.165) is 34.0 Å². The highest BCUT2D eigenvalue weighted by atomic mass is 16.5. The van der Waals surface area contributed by atoms with E-state index in [0.29, 0.717) is 0 Å². The van der Waals surface area contributed by atoms with E-state index in [-0.39, 0.29) is 6.04 Å². The molecule has 0 spiro atoms. The molecule has 0 fully saturated rings. The number of rotatable bonds is 5. The van der Waals surface area contributed by atoms with E-state index in [9.17, 15) is 0 Å². The van der Waals surface area contributed by atoms with Crippen LogP contribution in [0.25, 0.3) is 0 Å². The van der Waals surface area contributed by atoms with E-state index in [1.807, 2.05) is 45.2 Å². The molecule has 5 heteroatoms. The molecular formula is C16H21N3O2. The minimum Gasteiger partial charge on any atom is -0.496 e. The number of nitrogens with one attached hydrogen (secondary N) is 1. The summed E-state index contributed by atoms with van der Waals surface area (Å²) in [5.41, 5.74) is 3.78. The maximum Gasteiger partial charge on any atom is 0.127 e. The summed E-state index contributed by atoms with van der Waals surface area (Å²) in [7, 11) is 5.23. The Balaban J connectivity index is 2.63. The molecule has 0 aliphatic rings. The fraction of sp³-hybridized carbons (Fsp3) is 0.375. The molecule has 1 aromatic carbocycles. The van der Waals surface area contributed by atoms with Gasteiger partial charge in [-0.25, -0.2) is 0 Å². The summed E-state index contributed by atoms with van der Waals surface area (Å²) in [6.45, 7) is 3.89. The monoisotopic (exact) mass is 287 g/mol. The summed E-state index contributed by atoms with van der Waals surface area (Å²) in [5.74, 6) is 1.56. The summed E-state index contributed by atoms with van der Waals surface area (Å²) >= 11 is 0. The van der Waals surface area contributed by atoms with Crippen LogP contribution in [-0.4, -0.2) is 31.5 Å². The Labute approximate surface area is 125 Å². The quantitative estimate of drug-likeness (QED) is 0.915. The largest absolute Gasteiger partial charge is 0.496 e. The van der Waals surface area contributed by atoms with Crippen molar-refractivity contribution in [3.05, 3.63) is 46.8 Å².